The van der Waals surface area contributed by atoms with Crippen molar-refractivity contribution in [3.05, 3.63) is 290 Å². The van der Waals surface area contributed by atoms with Crippen LogP contribution in [0.15, 0.2) is 228 Å². The fourth-order valence-corrected chi connectivity index (χ4v) is 7.30. The third-order valence-electron chi connectivity index (χ3n) is 13.7. The normalized spacial score (nSPS) is 8.82. The molecule has 0 aliphatic heterocycles. The molecule has 10 heterocycles. The maximum atomic E-state index is 4.18. The Morgan fingerprint density at radius 2 is 0.529 bits per heavy atom. The molecule has 18 nitrogen and oxygen atoms in total. The molecule has 0 bridgehead atoms. The number of hydrogen-bond donors (Lipinski definition) is 0. The van der Waals surface area contributed by atoms with Gasteiger partial charge in [0.15, 0.2) is 0 Å². The van der Waals surface area contributed by atoms with Crippen molar-refractivity contribution in [3.8, 4) is 0 Å². The van der Waals surface area contributed by atoms with Gasteiger partial charge in [-0.15, -0.1) is 0 Å². The lowest BCUT2D eigenvalue weighted by Gasteiger charge is -2.01. The maximum Gasteiger partial charge on any atom is 0.134 e. The van der Waals surface area contributed by atoms with Crippen LogP contribution in [-0.2, 0) is 0 Å². The molecule has 1 aromatic carbocycles. The molecular formula is C103H180N18. The summed E-state index contributed by atoms with van der Waals surface area (Å²) >= 11 is 0. The molecule has 0 spiro atoms. The summed E-state index contributed by atoms with van der Waals surface area (Å²) in [6.07, 6.45) is 34.7. The van der Waals surface area contributed by atoms with Crippen LogP contribution in [0.5, 0.6) is 0 Å². The highest BCUT2D eigenvalue weighted by Gasteiger charge is 2.03. The Labute approximate surface area is 745 Å². The summed E-state index contributed by atoms with van der Waals surface area (Å²) in [4.78, 5) is 55.6. The first-order valence-corrected chi connectivity index (χ1v) is 45.3. The van der Waals surface area contributed by atoms with Gasteiger partial charge in [-0.1, -0.05) is 347 Å². The second kappa shape index (κ2) is 106. The highest BCUT2D eigenvalue weighted by Crippen LogP contribution is 2.16. The van der Waals surface area contributed by atoms with Crippen molar-refractivity contribution in [2.45, 2.75) is 370 Å². The smallest absolute Gasteiger partial charge is 0.134 e. The van der Waals surface area contributed by atoms with Crippen LogP contribution in [-0.4, -0.2) is 90.2 Å². The number of pyridine rings is 3. The molecule has 0 aliphatic carbocycles. The van der Waals surface area contributed by atoms with E-state index in [0.29, 0.717) is 65.1 Å². The van der Waals surface area contributed by atoms with Crippen molar-refractivity contribution in [3.63, 3.8) is 0 Å². The summed E-state index contributed by atoms with van der Waals surface area (Å²) < 4.78 is 0. The summed E-state index contributed by atoms with van der Waals surface area (Å²) in [6, 6.07) is 34.3. The van der Waals surface area contributed by atoms with E-state index in [4.69, 9.17) is 0 Å². The number of rotatable bonds is 11. The van der Waals surface area contributed by atoms with Crippen molar-refractivity contribution < 1.29 is 0 Å². The van der Waals surface area contributed by atoms with E-state index in [9.17, 15) is 0 Å². The van der Waals surface area contributed by atoms with E-state index in [0.717, 1.165) is 34.4 Å². The molecule has 10 aromatic heterocycles. The third kappa shape index (κ3) is 86.4. The minimum absolute atomic E-state index is 0.396. The molecule has 0 saturated carbocycles. The number of nitrogens with zero attached hydrogens (tertiary/aromatic N) is 18. The van der Waals surface area contributed by atoms with Crippen molar-refractivity contribution in [2.24, 2.45) is 0 Å². The lowest BCUT2D eigenvalue weighted by atomic mass is 10.0. The fourth-order valence-electron chi connectivity index (χ4n) is 7.30. The Morgan fingerprint density at radius 3 is 0.802 bits per heavy atom. The second-order valence-electron chi connectivity index (χ2n) is 25.8. The van der Waals surface area contributed by atoms with Crippen LogP contribution in [0.1, 0.15) is 432 Å². The van der Waals surface area contributed by atoms with Crippen molar-refractivity contribution in [1.82, 2.24) is 90.2 Å². The summed E-state index contributed by atoms with van der Waals surface area (Å²) in [5.74, 6) is 7.59. The Bertz CT molecular complexity index is 2690. The molecule has 121 heavy (non-hydrogen) atoms. The number of hydrogen-bond acceptors (Lipinski definition) is 18. The van der Waals surface area contributed by atoms with Gasteiger partial charge in [0.05, 0.1) is 17.6 Å². The van der Waals surface area contributed by atoms with E-state index in [1.165, 1.54) is 40.5 Å². The number of aromatic nitrogens is 18. The quantitative estimate of drug-likeness (QED) is 0.117. The molecule has 0 radical (unpaired) electrons. The van der Waals surface area contributed by atoms with Crippen LogP contribution in [0.25, 0.3) is 0 Å². The third-order valence-corrected chi connectivity index (χ3v) is 13.7. The highest BCUT2D eigenvalue weighted by molar-refractivity contribution is 5.18. The first kappa shape index (κ1) is 134. The Kier molecular flexibility index (Phi) is 118. The molecular weight excluding hydrogens is 1490 g/mol. The van der Waals surface area contributed by atoms with Crippen molar-refractivity contribution in [1.29, 1.82) is 0 Å². The van der Waals surface area contributed by atoms with Gasteiger partial charge < -0.3 is 0 Å². The molecule has 0 amide bonds. The zero-order valence-corrected chi connectivity index (χ0v) is 85.3. The van der Waals surface area contributed by atoms with Crippen LogP contribution in [0.2, 0.25) is 0 Å². The molecule has 0 N–H and O–H groups in total. The van der Waals surface area contributed by atoms with Gasteiger partial charge >= 0.3 is 0 Å². The Balaban J connectivity index is -0.000000119. The number of benzene rings is 1. The zero-order valence-electron chi connectivity index (χ0n) is 85.3. The van der Waals surface area contributed by atoms with Crippen LogP contribution >= 0.6 is 0 Å². The summed E-state index contributed by atoms with van der Waals surface area (Å²) in [6.45, 7) is 90.8. The minimum Gasteiger partial charge on any atom is -0.265 e. The summed E-state index contributed by atoms with van der Waals surface area (Å²) in [5.41, 5.74) is 10.9. The SMILES string of the molecule is CC.CC.CC.CC.CC.CC.CC.CC.CC.CC.CC.CC(C)c1ccccc1.CC(C)c1ccccn1.CC(C)c1cccnc1.CC(C)c1cccnn1.CC(C)c1ccncc1.CC(C)c1ccncn1.CC(C)c1ccnnc1.CC(C)c1cnccn1.CC(C)c1cncnc1.CC(C)c1ncccn1.CC(C)c1ncncn1. The van der Waals surface area contributed by atoms with Gasteiger partial charge in [0.1, 0.15) is 37.0 Å². The van der Waals surface area contributed by atoms with Crippen LogP contribution in [0, 0.1) is 0 Å². The Morgan fingerprint density at radius 1 is 0.165 bits per heavy atom. The zero-order chi connectivity index (χ0) is 95.6. The molecule has 0 aliphatic rings. The topological polar surface area (TPSA) is 232 Å². The molecule has 0 unspecified atom stereocenters. The van der Waals surface area contributed by atoms with Crippen LogP contribution < -0.4 is 0 Å². The molecule has 0 saturated heterocycles. The first-order valence-electron chi connectivity index (χ1n) is 45.3. The standard InChI is InChI=1S/C9H12.3C8H11N.6C7H10N2.C6H9N3.11C2H6/c1-8(2)9-6-4-3-5-7-9;1-7(2)8-3-5-9-6-4-8;1-7(2)8-4-3-5-9-6-8;1-7(2)8-5-3-4-6-9-8;1-6(2)7-3-8-5-9-4-7;1-6(2)7-5-8-3-4-9-7;1-6(2)7-3-4-8-5-9-7;1-6(2)7-3-4-8-9-5-7;1-6(2)7-8-4-3-5-9-7;1-6(2)7-4-3-5-8-9-7;1-5(2)6-8-3-7-4-9-6;11*1-2/h3-8H,1-2H3;3*3-7H,1-2H3;6*3-6H,1-2H3;3-5H,1-2H3;11*1-2H3. The lowest BCUT2D eigenvalue weighted by Crippen LogP contribution is -1.95. The second-order valence-corrected chi connectivity index (χ2v) is 25.8. The molecule has 11 aromatic rings. The van der Waals surface area contributed by atoms with Crippen LogP contribution in [0.3, 0.4) is 0 Å². The maximum absolute atomic E-state index is 4.18. The fraction of sp³-hybridized carbons (Fsp3) is 0.534. The average Bonchev–Trinajstić information content (AvgIpc) is 1.07. The van der Waals surface area contributed by atoms with Gasteiger partial charge in [0.2, 0.25) is 0 Å². The van der Waals surface area contributed by atoms with E-state index in [-0.39, 0.29) is 0 Å². The van der Waals surface area contributed by atoms with Gasteiger partial charge in [-0.05, 0) is 142 Å². The monoisotopic (exact) mass is 1670 g/mol. The van der Waals surface area contributed by atoms with Gasteiger partial charge in [-0.25, -0.2) is 44.9 Å². The van der Waals surface area contributed by atoms with Gasteiger partial charge in [0, 0.05) is 116 Å². The average molecular weight is 1670 g/mol. The molecule has 0 fully saturated rings. The lowest BCUT2D eigenvalue weighted by molar-refractivity contribution is 0.759. The summed E-state index contributed by atoms with van der Waals surface area (Å²) in [7, 11) is 0. The minimum atomic E-state index is 0.396. The summed E-state index contributed by atoms with van der Waals surface area (Å²) in [5, 5.41) is 15.1. The highest BCUT2D eigenvalue weighted by atomic mass is 15.1. The van der Waals surface area contributed by atoms with E-state index < -0.39 is 0 Å². The molecule has 682 valence electrons. The molecule has 11 rings (SSSR count). The van der Waals surface area contributed by atoms with Crippen molar-refractivity contribution in [2.75, 3.05) is 0 Å². The van der Waals surface area contributed by atoms with Crippen LogP contribution in [0.4, 0.5) is 0 Å². The largest absolute Gasteiger partial charge is 0.265 e. The predicted molar refractivity (Wildman–Crippen MR) is 531 cm³/mol. The van der Waals surface area contributed by atoms with Gasteiger partial charge in [-0.3, -0.25) is 24.9 Å². The van der Waals surface area contributed by atoms with E-state index in [1.807, 2.05) is 262 Å². The van der Waals surface area contributed by atoms with Gasteiger partial charge in [0.25, 0.3) is 0 Å². The molecule has 18 heteroatoms. The molecule has 0 atom stereocenters. The van der Waals surface area contributed by atoms with E-state index in [1.54, 1.807) is 74.6 Å². The Hall–Kier alpha value is -9.84. The predicted octanol–water partition coefficient (Wildman–Crippen LogP) is 31.3. The van der Waals surface area contributed by atoms with Crippen molar-refractivity contribution >= 4 is 0 Å². The van der Waals surface area contributed by atoms with Gasteiger partial charge in [-0.2, -0.15) is 20.4 Å². The van der Waals surface area contributed by atoms with E-state index >= 15 is 0 Å². The van der Waals surface area contributed by atoms with E-state index in [2.05, 4.69) is 273 Å². The first-order chi connectivity index (χ1) is 58.3.